The van der Waals surface area contributed by atoms with Crippen LogP contribution in [0.25, 0.3) is 0 Å². The Morgan fingerprint density at radius 3 is 2.60 bits per heavy atom. The van der Waals surface area contributed by atoms with Gasteiger partial charge in [0.25, 0.3) is 0 Å². The van der Waals surface area contributed by atoms with Crippen LogP contribution < -0.4 is 10.6 Å². The first-order valence-electron chi connectivity index (χ1n) is 6.91. The maximum Gasteiger partial charge on any atom is 0.418 e. The van der Waals surface area contributed by atoms with Crippen LogP contribution in [0.1, 0.15) is 22.7 Å². The maximum absolute atomic E-state index is 13.0. The highest BCUT2D eigenvalue weighted by atomic mass is 35.5. The highest BCUT2D eigenvalue weighted by Crippen LogP contribution is 2.33. The number of nitrogens with one attached hydrogen (secondary N) is 2. The molecule has 132 valence electrons. The molecule has 0 aliphatic heterocycles. The van der Waals surface area contributed by atoms with Gasteiger partial charge in [0, 0.05) is 12.1 Å². The number of carbonyl (C=O) groups excluding carboxylic acids is 1. The van der Waals surface area contributed by atoms with Crippen molar-refractivity contribution in [2.45, 2.75) is 12.1 Å². The number of amides is 1. The van der Waals surface area contributed by atoms with E-state index in [2.05, 4.69) is 20.8 Å². The van der Waals surface area contributed by atoms with Gasteiger partial charge in [0.15, 0.2) is 5.11 Å². The SMILES string of the molecule is CNC(=S)NC(=O)C(c1cc(C(F)(F)F)cnn1)c1ccccc1Cl. The molecule has 0 saturated carbocycles. The minimum absolute atomic E-state index is 0.0157. The van der Waals surface area contributed by atoms with Crippen molar-refractivity contribution in [3.8, 4) is 0 Å². The lowest BCUT2D eigenvalue weighted by atomic mass is 9.93. The second-order valence-corrected chi connectivity index (χ2v) is 5.71. The largest absolute Gasteiger partial charge is 0.418 e. The molecular formula is C15H12ClF3N4OS. The van der Waals surface area contributed by atoms with Crippen LogP contribution >= 0.6 is 23.8 Å². The van der Waals surface area contributed by atoms with Gasteiger partial charge in [-0.25, -0.2) is 0 Å². The van der Waals surface area contributed by atoms with Gasteiger partial charge in [-0.05, 0) is 29.9 Å². The van der Waals surface area contributed by atoms with Gasteiger partial charge in [0.1, 0.15) is 5.92 Å². The van der Waals surface area contributed by atoms with Crippen LogP contribution in [0.2, 0.25) is 5.02 Å². The van der Waals surface area contributed by atoms with Crippen LogP contribution in [0.15, 0.2) is 36.5 Å². The van der Waals surface area contributed by atoms with E-state index in [1.165, 1.54) is 19.2 Å². The number of halogens is 4. The molecule has 2 rings (SSSR count). The minimum Gasteiger partial charge on any atom is -0.365 e. The van der Waals surface area contributed by atoms with E-state index in [1.54, 1.807) is 12.1 Å². The molecule has 2 N–H and O–H groups in total. The highest BCUT2D eigenvalue weighted by Gasteiger charge is 2.34. The molecule has 1 aromatic carbocycles. The molecule has 0 spiro atoms. The third-order valence-electron chi connectivity index (χ3n) is 3.24. The first-order valence-corrected chi connectivity index (χ1v) is 7.69. The van der Waals surface area contributed by atoms with Crippen molar-refractivity contribution in [3.05, 3.63) is 58.4 Å². The van der Waals surface area contributed by atoms with Crippen molar-refractivity contribution >= 4 is 34.8 Å². The molecule has 0 bridgehead atoms. The number of hydrogen-bond acceptors (Lipinski definition) is 4. The molecule has 1 aromatic heterocycles. The molecule has 1 amide bonds. The molecule has 1 heterocycles. The van der Waals surface area contributed by atoms with Crippen LogP contribution in [0.3, 0.4) is 0 Å². The van der Waals surface area contributed by atoms with Crippen LogP contribution in [0.4, 0.5) is 13.2 Å². The number of aromatic nitrogens is 2. The minimum atomic E-state index is -4.62. The quantitative estimate of drug-likeness (QED) is 0.791. The van der Waals surface area contributed by atoms with Crippen molar-refractivity contribution in [1.29, 1.82) is 0 Å². The molecule has 0 fully saturated rings. The van der Waals surface area contributed by atoms with Crippen LogP contribution in [-0.2, 0) is 11.0 Å². The summed E-state index contributed by atoms with van der Waals surface area (Å²) in [5.41, 5.74) is -0.924. The van der Waals surface area contributed by atoms with E-state index in [1.807, 2.05) is 0 Å². The Labute approximate surface area is 151 Å². The van der Waals surface area contributed by atoms with Crippen molar-refractivity contribution in [2.24, 2.45) is 0 Å². The number of carbonyl (C=O) groups is 1. The molecule has 0 aliphatic carbocycles. The topological polar surface area (TPSA) is 66.9 Å². The fourth-order valence-electron chi connectivity index (χ4n) is 2.07. The van der Waals surface area contributed by atoms with Crippen LogP contribution in [0.5, 0.6) is 0 Å². The van der Waals surface area contributed by atoms with Gasteiger partial charge in [-0.1, -0.05) is 29.8 Å². The summed E-state index contributed by atoms with van der Waals surface area (Å²) in [5, 5.41) is 12.2. The number of nitrogens with zero attached hydrogens (tertiary/aromatic N) is 2. The zero-order valence-corrected chi connectivity index (χ0v) is 14.3. The Morgan fingerprint density at radius 2 is 2.00 bits per heavy atom. The molecule has 0 aliphatic rings. The lowest BCUT2D eigenvalue weighted by Crippen LogP contribution is -2.40. The molecule has 10 heteroatoms. The molecule has 0 saturated heterocycles. The van der Waals surface area contributed by atoms with E-state index in [0.717, 1.165) is 6.07 Å². The third kappa shape index (κ3) is 4.64. The molecule has 25 heavy (non-hydrogen) atoms. The van der Waals surface area contributed by atoms with Crippen molar-refractivity contribution in [1.82, 2.24) is 20.8 Å². The van der Waals surface area contributed by atoms with E-state index < -0.39 is 23.6 Å². The Bertz CT molecular complexity index is 800. The summed E-state index contributed by atoms with van der Waals surface area (Å²) in [4.78, 5) is 12.6. The Hall–Kier alpha value is -2.26. The van der Waals surface area contributed by atoms with Gasteiger partial charge in [-0.3, -0.25) is 4.79 Å². The van der Waals surface area contributed by atoms with Gasteiger partial charge in [0.05, 0.1) is 17.5 Å². The van der Waals surface area contributed by atoms with Crippen molar-refractivity contribution < 1.29 is 18.0 Å². The maximum atomic E-state index is 13.0. The first-order chi connectivity index (χ1) is 11.7. The Kier molecular flexibility index (Phi) is 5.91. The zero-order chi connectivity index (χ0) is 18.6. The van der Waals surface area contributed by atoms with E-state index in [9.17, 15) is 18.0 Å². The highest BCUT2D eigenvalue weighted by molar-refractivity contribution is 7.80. The summed E-state index contributed by atoms with van der Waals surface area (Å²) in [5.74, 6) is -1.89. The monoisotopic (exact) mass is 388 g/mol. The van der Waals surface area contributed by atoms with Gasteiger partial charge >= 0.3 is 6.18 Å². The van der Waals surface area contributed by atoms with Gasteiger partial charge in [0.2, 0.25) is 5.91 Å². The summed E-state index contributed by atoms with van der Waals surface area (Å²) >= 11 is 11.0. The molecule has 5 nitrogen and oxygen atoms in total. The number of thiocarbonyl (C=S) groups is 1. The van der Waals surface area contributed by atoms with E-state index in [-0.39, 0.29) is 21.4 Å². The van der Waals surface area contributed by atoms with E-state index in [4.69, 9.17) is 23.8 Å². The zero-order valence-electron chi connectivity index (χ0n) is 12.8. The summed E-state index contributed by atoms with van der Waals surface area (Å²) < 4.78 is 38.9. The fourth-order valence-corrected chi connectivity index (χ4v) is 2.42. The number of alkyl halides is 3. The van der Waals surface area contributed by atoms with Crippen molar-refractivity contribution in [2.75, 3.05) is 7.05 Å². The molecular weight excluding hydrogens is 377 g/mol. The second kappa shape index (κ2) is 7.75. The number of rotatable bonds is 3. The summed E-state index contributed by atoms with van der Waals surface area (Å²) in [6.45, 7) is 0. The average Bonchev–Trinajstić information content (AvgIpc) is 2.56. The Morgan fingerprint density at radius 1 is 1.32 bits per heavy atom. The molecule has 2 aromatic rings. The fraction of sp³-hybridized carbons (Fsp3) is 0.200. The van der Waals surface area contributed by atoms with Crippen LogP contribution in [0, 0.1) is 0 Å². The summed E-state index contributed by atoms with van der Waals surface area (Å²) in [7, 11) is 1.50. The lowest BCUT2D eigenvalue weighted by Gasteiger charge is -2.18. The summed E-state index contributed by atoms with van der Waals surface area (Å²) in [6, 6.07) is 7.06. The van der Waals surface area contributed by atoms with Gasteiger partial charge in [-0.2, -0.15) is 23.4 Å². The number of hydrogen-bond donors (Lipinski definition) is 2. The predicted molar refractivity (Wildman–Crippen MR) is 90.1 cm³/mol. The standard InChI is InChI=1S/C15H12ClF3N4OS/c1-20-14(25)22-13(24)12(9-4-2-3-5-10(9)16)11-6-8(7-21-23-11)15(17,18)19/h2-7,12H,1H3,(H2,20,22,24,25). The predicted octanol–water partition coefficient (Wildman–Crippen LogP) is 2.90. The summed E-state index contributed by atoms with van der Waals surface area (Å²) in [6.07, 6.45) is -4.03. The number of benzene rings is 1. The van der Waals surface area contributed by atoms with Crippen molar-refractivity contribution in [3.63, 3.8) is 0 Å². The van der Waals surface area contributed by atoms with E-state index in [0.29, 0.717) is 6.20 Å². The normalized spacial score (nSPS) is 12.4. The molecule has 1 unspecified atom stereocenters. The molecule has 1 atom stereocenters. The molecule has 0 radical (unpaired) electrons. The average molecular weight is 389 g/mol. The van der Waals surface area contributed by atoms with Crippen LogP contribution in [-0.4, -0.2) is 28.3 Å². The van der Waals surface area contributed by atoms with E-state index >= 15 is 0 Å². The lowest BCUT2D eigenvalue weighted by molar-refractivity contribution is -0.138. The first kappa shape index (κ1) is 19.1. The van der Waals surface area contributed by atoms with Gasteiger partial charge in [-0.15, -0.1) is 0 Å². The second-order valence-electron chi connectivity index (χ2n) is 4.89. The third-order valence-corrected chi connectivity index (χ3v) is 3.89. The smallest absolute Gasteiger partial charge is 0.365 e. The van der Waals surface area contributed by atoms with Gasteiger partial charge < -0.3 is 10.6 Å². The Balaban J connectivity index is 2.54.